The topological polar surface area (TPSA) is 164 Å². The Bertz CT molecular complexity index is 1170. The van der Waals surface area contributed by atoms with Gasteiger partial charge in [-0.25, -0.2) is 20.4 Å². The fraction of sp³-hybridized carbons (Fsp3) is 0.800. The summed E-state index contributed by atoms with van der Waals surface area (Å²) >= 11 is 12.8. The number of carbonyl (C=O) groups is 4. The van der Waals surface area contributed by atoms with Crippen molar-refractivity contribution >= 4 is 47.1 Å². The van der Waals surface area contributed by atoms with Gasteiger partial charge in [0.1, 0.15) is 23.2 Å². The number of allylic oxidation sites excluding steroid dienone is 1. The molecular weight excluding hydrogens is 625 g/mol. The second kappa shape index (κ2) is 13.9. The number of amides is 3. The zero-order chi connectivity index (χ0) is 32.5. The maximum absolute atomic E-state index is 14.2. The summed E-state index contributed by atoms with van der Waals surface area (Å²) < 4.78 is 5.46. The molecule has 0 aromatic heterocycles. The molecule has 252 valence electrons. The monoisotopic (exact) mass is 671 g/mol. The highest BCUT2D eigenvalue weighted by Crippen LogP contribution is 2.45. The number of ether oxygens (including phenoxy) is 1. The van der Waals surface area contributed by atoms with E-state index in [1.165, 1.54) is 4.90 Å². The minimum Gasteiger partial charge on any atom is -0.479 e. The van der Waals surface area contributed by atoms with E-state index in [0.29, 0.717) is 19.3 Å². The van der Waals surface area contributed by atoms with Crippen molar-refractivity contribution < 1.29 is 29.0 Å². The van der Waals surface area contributed by atoms with Crippen molar-refractivity contribution in [3.05, 3.63) is 12.2 Å². The van der Waals surface area contributed by atoms with Crippen LogP contribution in [0.15, 0.2) is 12.2 Å². The molecular formula is C30H47Cl2N7O6. The van der Waals surface area contributed by atoms with Crippen molar-refractivity contribution in [3.63, 3.8) is 0 Å². The van der Waals surface area contributed by atoms with Gasteiger partial charge in [-0.3, -0.25) is 9.59 Å². The zero-order valence-corrected chi connectivity index (χ0v) is 27.7. The molecule has 4 fully saturated rings. The number of alkyl carbamates (subject to hydrolysis) is 1. The molecule has 6 N–H and O–H groups in total. The Kier molecular flexibility index (Phi) is 10.6. The maximum atomic E-state index is 14.2. The molecule has 2 saturated carbocycles. The normalized spacial score (nSPS) is 39.1. The fourth-order valence-corrected chi connectivity index (χ4v) is 7.48. The SMILES string of the molecule is CC(C)(C)OC(=O)N[C@@H]1CCCCC/C=C\[C@@H]2C[C@]2(C(=O)O)NC(=O)[C@@H]2C[C@H](N3NNC(C4CCC(Cl)C(Cl)C4)N3)CN2C1=O. The van der Waals surface area contributed by atoms with Crippen LogP contribution in [0.2, 0.25) is 0 Å². The van der Waals surface area contributed by atoms with Crippen LogP contribution < -0.4 is 27.0 Å². The minimum atomic E-state index is -1.40. The van der Waals surface area contributed by atoms with Crippen LogP contribution in [0, 0.1) is 11.8 Å². The molecule has 0 radical (unpaired) electrons. The molecule has 3 heterocycles. The molecule has 4 unspecified atom stereocenters. The van der Waals surface area contributed by atoms with Gasteiger partial charge in [0.25, 0.3) is 0 Å². The lowest BCUT2D eigenvalue weighted by Crippen LogP contribution is -2.56. The minimum absolute atomic E-state index is 0.0612. The van der Waals surface area contributed by atoms with E-state index in [1.54, 1.807) is 25.9 Å². The summed E-state index contributed by atoms with van der Waals surface area (Å²) in [6.07, 6.45) is 9.50. The number of halogens is 2. The Morgan fingerprint density at radius 3 is 2.58 bits per heavy atom. The molecule has 3 aliphatic heterocycles. The third-order valence-electron chi connectivity index (χ3n) is 9.52. The van der Waals surface area contributed by atoms with Gasteiger partial charge in [0.2, 0.25) is 11.8 Å². The molecule has 0 aromatic rings. The second-order valence-corrected chi connectivity index (χ2v) is 15.2. The van der Waals surface area contributed by atoms with Crippen molar-refractivity contribution in [2.45, 2.75) is 131 Å². The molecule has 0 spiro atoms. The quantitative estimate of drug-likeness (QED) is 0.193. The lowest BCUT2D eigenvalue weighted by atomic mass is 9.86. The Hall–Kier alpha value is -2.16. The third-order valence-corrected chi connectivity index (χ3v) is 10.7. The van der Waals surface area contributed by atoms with Crippen molar-refractivity contribution in [2.24, 2.45) is 11.8 Å². The number of aliphatic carboxylic acids is 1. The molecule has 0 aromatic carbocycles. The lowest BCUT2D eigenvalue weighted by Gasteiger charge is -2.33. The van der Waals surface area contributed by atoms with Crippen molar-refractivity contribution in [1.29, 1.82) is 0 Å². The van der Waals surface area contributed by atoms with Crippen LogP contribution in [0.4, 0.5) is 4.79 Å². The van der Waals surface area contributed by atoms with Crippen molar-refractivity contribution in [2.75, 3.05) is 6.54 Å². The van der Waals surface area contributed by atoms with E-state index in [9.17, 15) is 24.3 Å². The number of carboxylic acid groups (broad SMARTS) is 1. The number of nitrogens with one attached hydrogen (secondary N) is 5. The molecule has 45 heavy (non-hydrogen) atoms. The number of hydrazine groups is 3. The Morgan fingerprint density at radius 1 is 1.09 bits per heavy atom. The van der Waals surface area contributed by atoms with E-state index < -0.39 is 47.1 Å². The molecule has 2 saturated heterocycles. The predicted molar refractivity (Wildman–Crippen MR) is 168 cm³/mol. The molecule has 2 aliphatic carbocycles. The Balaban J connectivity index is 1.36. The van der Waals surface area contributed by atoms with Gasteiger partial charge in [-0.2, -0.15) is 10.7 Å². The summed E-state index contributed by atoms with van der Waals surface area (Å²) in [6.45, 7) is 5.42. The number of hydrogen-bond donors (Lipinski definition) is 6. The number of rotatable bonds is 4. The summed E-state index contributed by atoms with van der Waals surface area (Å²) in [5.74, 6) is -2.11. The predicted octanol–water partition coefficient (Wildman–Crippen LogP) is 2.50. The van der Waals surface area contributed by atoms with Gasteiger partial charge in [-0.15, -0.1) is 23.2 Å². The van der Waals surface area contributed by atoms with Crippen molar-refractivity contribution in [3.8, 4) is 0 Å². The van der Waals surface area contributed by atoms with Gasteiger partial charge in [-0.1, -0.05) is 25.0 Å². The first-order chi connectivity index (χ1) is 21.3. The molecule has 9 atom stereocenters. The van der Waals surface area contributed by atoms with Crippen LogP contribution in [0.3, 0.4) is 0 Å². The molecule has 3 amide bonds. The van der Waals surface area contributed by atoms with E-state index in [0.717, 1.165) is 38.5 Å². The standard InChI is InChI=1S/C30H47Cl2N7O6/c1-29(2,3)45-28(44)33-22-10-8-6-4-5-7-9-18-15-30(18,27(42)43)34-25(40)23-14-19(16-38(23)26(22)41)39-36-24(35-37-39)17-11-12-20(31)21(32)13-17/h7,9,17-24,35-37H,4-6,8,10-16H2,1-3H3,(H,33,44)(H,34,40)(H,42,43)/b9-7-/t17?,18-,19+,20?,21?,22-,23+,24?,30+/m1/s1. The molecule has 13 nitrogen and oxygen atoms in total. The largest absolute Gasteiger partial charge is 0.479 e. The van der Waals surface area contributed by atoms with E-state index in [2.05, 4.69) is 27.0 Å². The highest BCUT2D eigenvalue weighted by Gasteiger charge is 2.61. The Morgan fingerprint density at radius 2 is 1.87 bits per heavy atom. The van der Waals surface area contributed by atoms with E-state index in [-0.39, 0.29) is 47.8 Å². The average molecular weight is 673 g/mol. The highest BCUT2D eigenvalue weighted by molar-refractivity contribution is 6.30. The fourth-order valence-electron chi connectivity index (χ4n) is 6.90. The van der Waals surface area contributed by atoms with Crippen molar-refractivity contribution in [1.82, 2.24) is 37.0 Å². The average Bonchev–Trinajstić information content (AvgIpc) is 3.28. The van der Waals surface area contributed by atoms with Gasteiger partial charge in [0, 0.05) is 17.8 Å². The number of nitrogens with zero attached hydrogens (tertiary/aromatic N) is 2. The lowest BCUT2D eigenvalue weighted by molar-refractivity contribution is -0.145. The third kappa shape index (κ3) is 8.05. The van der Waals surface area contributed by atoms with Crippen LogP contribution in [0.1, 0.15) is 85.0 Å². The molecule has 15 heteroatoms. The number of hydrogen-bond acceptors (Lipinski definition) is 9. The summed E-state index contributed by atoms with van der Waals surface area (Å²) in [7, 11) is 0. The van der Waals surface area contributed by atoms with Gasteiger partial charge in [0.15, 0.2) is 0 Å². The highest BCUT2D eigenvalue weighted by atomic mass is 35.5. The summed E-state index contributed by atoms with van der Waals surface area (Å²) in [5, 5.41) is 17.2. The number of alkyl halides is 2. The van der Waals surface area contributed by atoms with Crippen LogP contribution in [0.5, 0.6) is 0 Å². The van der Waals surface area contributed by atoms with E-state index in [1.807, 2.05) is 12.2 Å². The number of fused-ring (bicyclic) bond motifs is 2. The van der Waals surface area contributed by atoms with E-state index in [4.69, 9.17) is 27.9 Å². The number of carbonyl (C=O) groups excluding carboxylic acids is 3. The van der Waals surface area contributed by atoms with Crippen LogP contribution in [-0.4, -0.2) is 91.7 Å². The summed E-state index contributed by atoms with van der Waals surface area (Å²) in [5.41, 5.74) is 7.70. The van der Waals surface area contributed by atoms with Gasteiger partial charge >= 0.3 is 12.1 Å². The number of carboxylic acids is 1. The molecule has 5 rings (SSSR count). The summed E-state index contributed by atoms with van der Waals surface area (Å²) in [6, 6.07) is -2.19. The van der Waals surface area contributed by atoms with Crippen LogP contribution >= 0.6 is 23.2 Å². The van der Waals surface area contributed by atoms with Crippen LogP contribution in [0.25, 0.3) is 0 Å². The molecule has 5 aliphatic rings. The van der Waals surface area contributed by atoms with Gasteiger partial charge in [0.05, 0.1) is 17.6 Å². The second-order valence-electron chi connectivity index (χ2n) is 14.1. The van der Waals surface area contributed by atoms with E-state index >= 15 is 0 Å². The molecule has 0 bridgehead atoms. The Labute approximate surface area is 274 Å². The van der Waals surface area contributed by atoms with Gasteiger partial charge < -0.3 is 25.4 Å². The first-order valence-corrected chi connectivity index (χ1v) is 17.0. The summed E-state index contributed by atoms with van der Waals surface area (Å²) in [4.78, 5) is 54.7. The van der Waals surface area contributed by atoms with Gasteiger partial charge in [-0.05, 0) is 78.1 Å². The van der Waals surface area contributed by atoms with Crippen LogP contribution in [-0.2, 0) is 19.1 Å². The smallest absolute Gasteiger partial charge is 0.408 e. The first-order valence-electron chi connectivity index (χ1n) is 16.1. The first kappa shape index (κ1) is 34.2. The zero-order valence-electron chi connectivity index (χ0n) is 26.2. The maximum Gasteiger partial charge on any atom is 0.408 e.